The highest BCUT2D eigenvalue weighted by Crippen LogP contribution is 2.40. The summed E-state index contributed by atoms with van der Waals surface area (Å²) in [6, 6.07) is 2.94. The number of alkyl halides is 3. The molecule has 2 heterocycles. The third-order valence-corrected chi connectivity index (χ3v) is 6.24. The van der Waals surface area contributed by atoms with Gasteiger partial charge in [0.05, 0.1) is 19.1 Å². The van der Waals surface area contributed by atoms with Crippen LogP contribution in [0.4, 0.5) is 13.2 Å². The van der Waals surface area contributed by atoms with E-state index < -0.39 is 29.9 Å². The first-order valence-electron chi connectivity index (χ1n) is 11.0. The van der Waals surface area contributed by atoms with Crippen LogP contribution in [0.15, 0.2) is 18.3 Å². The van der Waals surface area contributed by atoms with Crippen molar-refractivity contribution in [1.82, 2.24) is 15.2 Å². The summed E-state index contributed by atoms with van der Waals surface area (Å²) in [5.74, 6) is -2.84. The molecule has 2 fully saturated rings. The van der Waals surface area contributed by atoms with Crippen LogP contribution >= 0.6 is 0 Å². The van der Waals surface area contributed by atoms with Crippen molar-refractivity contribution in [2.24, 2.45) is 11.8 Å². The number of hydrogen-bond acceptors (Lipinski definition) is 6. The predicted molar refractivity (Wildman–Crippen MR) is 110 cm³/mol. The van der Waals surface area contributed by atoms with Gasteiger partial charge in [-0.2, -0.15) is 13.2 Å². The number of pyridine rings is 1. The second kappa shape index (κ2) is 10.8. The van der Waals surface area contributed by atoms with Gasteiger partial charge in [0.15, 0.2) is 11.4 Å². The molecular formula is C22H28F3N3O5. The first kappa shape index (κ1) is 24.8. The van der Waals surface area contributed by atoms with E-state index in [0.29, 0.717) is 13.0 Å². The van der Waals surface area contributed by atoms with Crippen molar-refractivity contribution >= 4 is 17.8 Å². The molecule has 1 saturated carbocycles. The molecular weight excluding hydrogens is 443 g/mol. The number of ether oxygens (including phenoxy) is 2. The highest BCUT2D eigenvalue weighted by molar-refractivity contribution is 5.96. The highest BCUT2D eigenvalue weighted by atomic mass is 19.4. The zero-order chi connectivity index (χ0) is 24.0. The lowest BCUT2D eigenvalue weighted by Crippen LogP contribution is -2.44. The van der Waals surface area contributed by atoms with Crippen LogP contribution in [0.25, 0.3) is 0 Å². The molecule has 1 atom stereocenters. The van der Waals surface area contributed by atoms with E-state index in [1.807, 2.05) is 0 Å². The monoisotopic (exact) mass is 471 g/mol. The van der Waals surface area contributed by atoms with Gasteiger partial charge < -0.3 is 19.7 Å². The Hall–Kier alpha value is -2.85. The zero-order valence-electron chi connectivity index (χ0n) is 18.4. The second-order valence-electron chi connectivity index (χ2n) is 8.34. The van der Waals surface area contributed by atoms with Crippen molar-refractivity contribution in [2.45, 2.75) is 50.7 Å². The van der Waals surface area contributed by atoms with Crippen molar-refractivity contribution < 1.29 is 37.0 Å². The predicted octanol–water partition coefficient (Wildman–Crippen LogP) is 2.72. The average molecular weight is 471 g/mol. The first-order chi connectivity index (χ1) is 15.7. The minimum atomic E-state index is -4.21. The molecule has 1 N–H and O–H groups in total. The van der Waals surface area contributed by atoms with Gasteiger partial charge in [-0.1, -0.05) is 0 Å². The van der Waals surface area contributed by atoms with Crippen LogP contribution in [0.1, 0.15) is 49.0 Å². The lowest BCUT2D eigenvalue weighted by Gasteiger charge is -2.33. The Morgan fingerprint density at radius 2 is 1.91 bits per heavy atom. The molecule has 8 nitrogen and oxygen atoms in total. The van der Waals surface area contributed by atoms with Crippen LogP contribution in [0.5, 0.6) is 5.75 Å². The average Bonchev–Trinajstić information content (AvgIpc) is 3.28. The number of rotatable bonds is 7. The maximum Gasteiger partial charge on any atom is 0.391 e. The lowest BCUT2D eigenvalue weighted by atomic mass is 9.81. The Labute approximate surface area is 189 Å². The normalized spacial score (nSPS) is 23.2. The van der Waals surface area contributed by atoms with Crippen LogP contribution in [0.3, 0.4) is 0 Å². The van der Waals surface area contributed by atoms with Gasteiger partial charge >= 0.3 is 12.1 Å². The molecule has 0 bridgehead atoms. The van der Waals surface area contributed by atoms with E-state index >= 15 is 0 Å². The van der Waals surface area contributed by atoms with E-state index in [1.54, 1.807) is 17.0 Å². The number of esters is 1. The number of carbonyl (C=O) groups excluding carboxylic acids is 3. The number of hydrogen-bond donors (Lipinski definition) is 1. The van der Waals surface area contributed by atoms with Gasteiger partial charge in [-0.05, 0) is 50.7 Å². The van der Waals surface area contributed by atoms with E-state index in [0.717, 1.165) is 6.42 Å². The van der Waals surface area contributed by atoms with Crippen LogP contribution in [-0.4, -0.2) is 66.7 Å². The van der Waals surface area contributed by atoms with Crippen molar-refractivity contribution in [3.05, 3.63) is 24.0 Å². The molecule has 33 heavy (non-hydrogen) atoms. The molecule has 0 radical (unpaired) electrons. The third-order valence-electron chi connectivity index (χ3n) is 6.24. The van der Waals surface area contributed by atoms with Crippen LogP contribution in [0.2, 0.25) is 0 Å². The SMILES string of the molecule is COC(=O)CNC(=O)c1ncccc1OC[C@H]1CCCN1C(=O)[C@H]1CC[C@H](C(F)(F)F)CC1. The highest BCUT2D eigenvalue weighted by Gasteiger charge is 2.44. The third kappa shape index (κ3) is 6.35. The number of likely N-dealkylation sites (tertiary alicyclic amines) is 1. The number of nitrogens with one attached hydrogen (secondary N) is 1. The van der Waals surface area contributed by atoms with Gasteiger partial charge in [-0.25, -0.2) is 4.98 Å². The van der Waals surface area contributed by atoms with E-state index in [2.05, 4.69) is 15.0 Å². The number of aromatic nitrogens is 1. The quantitative estimate of drug-likeness (QED) is 0.615. The minimum Gasteiger partial charge on any atom is -0.489 e. The zero-order valence-corrected chi connectivity index (χ0v) is 18.4. The summed E-state index contributed by atoms with van der Waals surface area (Å²) in [5, 5.41) is 2.40. The van der Waals surface area contributed by atoms with Gasteiger partial charge in [0.2, 0.25) is 5.91 Å². The molecule has 1 saturated heterocycles. The fourth-order valence-electron chi connectivity index (χ4n) is 4.37. The van der Waals surface area contributed by atoms with Gasteiger partial charge in [0, 0.05) is 18.7 Å². The van der Waals surface area contributed by atoms with Crippen LogP contribution in [-0.2, 0) is 14.3 Å². The first-order valence-corrected chi connectivity index (χ1v) is 11.0. The Morgan fingerprint density at radius 1 is 1.18 bits per heavy atom. The Kier molecular flexibility index (Phi) is 8.15. The maximum absolute atomic E-state index is 13.0. The van der Waals surface area contributed by atoms with Gasteiger partial charge in [0.1, 0.15) is 13.2 Å². The summed E-state index contributed by atoms with van der Waals surface area (Å²) in [4.78, 5) is 42.3. The summed E-state index contributed by atoms with van der Waals surface area (Å²) >= 11 is 0. The van der Waals surface area contributed by atoms with E-state index in [-0.39, 0.29) is 62.2 Å². The number of carbonyl (C=O) groups is 3. The molecule has 11 heteroatoms. The molecule has 2 amide bonds. The van der Waals surface area contributed by atoms with Crippen molar-refractivity contribution in [3.63, 3.8) is 0 Å². The number of methoxy groups -OCH3 is 1. The summed E-state index contributed by atoms with van der Waals surface area (Å²) in [6.07, 6.45) is -0.875. The number of amides is 2. The summed E-state index contributed by atoms with van der Waals surface area (Å²) in [7, 11) is 1.21. The molecule has 2 aliphatic rings. The van der Waals surface area contributed by atoms with Crippen molar-refractivity contribution in [1.29, 1.82) is 0 Å². The molecule has 182 valence electrons. The van der Waals surface area contributed by atoms with Crippen molar-refractivity contribution in [2.75, 3.05) is 26.8 Å². The minimum absolute atomic E-state index is 0.00255. The van der Waals surface area contributed by atoms with Gasteiger partial charge in [-0.3, -0.25) is 14.4 Å². The number of nitrogens with zero attached hydrogens (tertiary/aromatic N) is 2. The van der Waals surface area contributed by atoms with E-state index in [9.17, 15) is 27.6 Å². The Bertz CT molecular complexity index is 856. The maximum atomic E-state index is 13.0. The standard InChI is InChI=1S/C22H28F3N3O5/c1-32-18(29)12-27-20(30)19-17(5-2-10-26-19)33-13-16-4-3-11-28(16)21(31)14-6-8-15(9-7-14)22(23,24)25/h2,5,10,14-16H,3-4,6-9,11-13H2,1H3,(H,27,30)/t14-,15-,16-/m1/s1. The van der Waals surface area contributed by atoms with E-state index in [1.165, 1.54) is 13.3 Å². The molecule has 0 spiro atoms. The Balaban J connectivity index is 1.57. The second-order valence-corrected chi connectivity index (χ2v) is 8.34. The van der Waals surface area contributed by atoms with Gasteiger partial charge in [-0.15, -0.1) is 0 Å². The fourth-order valence-corrected chi connectivity index (χ4v) is 4.37. The molecule has 0 unspecified atom stereocenters. The van der Waals surface area contributed by atoms with E-state index in [4.69, 9.17) is 4.74 Å². The molecule has 3 rings (SSSR count). The Morgan fingerprint density at radius 3 is 2.58 bits per heavy atom. The van der Waals surface area contributed by atoms with Gasteiger partial charge in [0.25, 0.3) is 5.91 Å². The summed E-state index contributed by atoms with van der Waals surface area (Å²) in [6.45, 7) is 0.352. The van der Waals surface area contributed by atoms with Crippen LogP contribution < -0.4 is 10.1 Å². The number of halogens is 3. The molecule has 0 aromatic carbocycles. The molecule has 1 aromatic heterocycles. The lowest BCUT2D eigenvalue weighted by molar-refractivity contribution is -0.185. The largest absolute Gasteiger partial charge is 0.489 e. The topological polar surface area (TPSA) is 97.8 Å². The smallest absolute Gasteiger partial charge is 0.391 e. The van der Waals surface area contributed by atoms with Crippen molar-refractivity contribution in [3.8, 4) is 5.75 Å². The summed E-state index contributed by atoms with van der Waals surface area (Å²) < 4.78 is 49.1. The molecule has 1 aliphatic carbocycles. The molecule has 1 aromatic rings. The fraction of sp³-hybridized carbons (Fsp3) is 0.636. The molecule has 1 aliphatic heterocycles. The van der Waals surface area contributed by atoms with Crippen LogP contribution in [0, 0.1) is 11.8 Å². The summed E-state index contributed by atoms with van der Waals surface area (Å²) in [5.41, 5.74) is 0.00255.